The van der Waals surface area contributed by atoms with E-state index in [-0.39, 0.29) is 5.75 Å². The molecule has 0 radical (unpaired) electrons. The molecule has 1 N–H and O–H groups in total. The number of nitrogens with one attached hydrogen (secondary N) is 1. The molecule has 0 amide bonds. The van der Waals surface area contributed by atoms with Gasteiger partial charge < -0.3 is 15.0 Å². The maximum absolute atomic E-state index is 13.8. The fraction of sp³-hybridized carbons (Fsp3) is 0.348. The Labute approximate surface area is 174 Å². The van der Waals surface area contributed by atoms with Gasteiger partial charge in [-0.25, -0.2) is 8.78 Å². The Kier molecular flexibility index (Phi) is 4.70. The van der Waals surface area contributed by atoms with Gasteiger partial charge in [0.2, 0.25) is 0 Å². The summed E-state index contributed by atoms with van der Waals surface area (Å²) in [6.07, 6.45) is 5.66. The van der Waals surface area contributed by atoms with E-state index in [9.17, 15) is 8.78 Å². The van der Waals surface area contributed by atoms with Crippen molar-refractivity contribution >= 4 is 5.69 Å². The first-order valence-electron chi connectivity index (χ1n) is 10.3. The highest BCUT2D eigenvalue weighted by molar-refractivity contribution is 5.78. The van der Waals surface area contributed by atoms with Crippen molar-refractivity contribution < 1.29 is 13.5 Å². The van der Waals surface area contributed by atoms with Crippen LogP contribution in [0.4, 0.5) is 14.5 Å². The molecule has 2 aliphatic rings. The lowest BCUT2D eigenvalue weighted by molar-refractivity contribution is 0.318. The van der Waals surface area contributed by atoms with Crippen molar-refractivity contribution in [1.82, 2.24) is 15.1 Å². The molecule has 3 heterocycles. The minimum absolute atomic E-state index is 0.152. The minimum atomic E-state index is -0.660. The zero-order chi connectivity index (χ0) is 20.8. The number of hydrogen-bond donors (Lipinski definition) is 1. The van der Waals surface area contributed by atoms with Crippen molar-refractivity contribution in [3.63, 3.8) is 0 Å². The summed E-state index contributed by atoms with van der Waals surface area (Å²) in [5.74, 6) is -0.527. The van der Waals surface area contributed by atoms with Gasteiger partial charge in [0, 0.05) is 73.0 Å². The highest BCUT2D eigenvalue weighted by Crippen LogP contribution is 2.44. The summed E-state index contributed by atoms with van der Waals surface area (Å²) in [4.78, 5) is 2.23. The van der Waals surface area contributed by atoms with Gasteiger partial charge >= 0.3 is 0 Å². The van der Waals surface area contributed by atoms with Crippen LogP contribution in [0.3, 0.4) is 0 Å². The molecule has 1 atom stereocenters. The number of halogens is 2. The number of rotatable bonds is 4. The molecule has 7 heteroatoms. The Morgan fingerprint density at radius 3 is 2.60 bits per heavy atom. The summed E-state index contributed by atoms with van der Waals surface area (Å²) in [6, 6.07) is 8.15. The standard InChI is InChI=1S/C23H24F2N4O/c1-14-3-4-21-22(28(14)2)6-5-20(15-10-27-29(13-15)18-11-26-12-18)23(21)30-19-8-16(24)7-17(25)9-19/h5-10,13-14,18,26H,3-4,11-12H2,1-2H3. The Hall–Kier alpha value is -2.93. The number of aromatic nitrogens is 2. The fourth-order valence-corrected chi connectivity index (χ4v) is 4.16. The maximum atomic E-state index is 13.8. The predicted octanol–water partition coefficient (Wildman–Crippen LogP) is 4.54. The van der Waals surface area contributed by atoms with E-state index >= 15 is 0 Å². The zero-order valence-electron chi connectivity index (χ0n) is 17.0. The molecule has 5 rings (SSSR count). The molecule has 5 nitrogen and oxygen atoms in total. The third kappa shape index (κ3) is 3.33. The van der Waals surface area contributed by atoms with Crippen LogP contribution in [0.5, 0.6) is 11.5 Å². The monoisotopic (exact) mass is 410 g/mol. The molecule has 3 aromatic rings. The quantitative estimate of drug-likeness (QED) is 0.686. The second kappa shape index (κ2) is 7.40. The lowest BCUT2D eigenvalue weighted by Crippen LogP contribution is -2.43. The average Bonchev–Trinajstić information content (AvgIpc) is 3.12. The van der Waals surface area contributed by atoms with Crippen LogP contribution in [-0.4, -0.2) is 36.0 Å². The summed E-state index contributed by atoms with van der Waals surface area (Å²) in [5.41, 5.74) is 3.94. The smallest absolute Gasteiger partial charge is 0.140 e. The normalized spacial score (nSPS) is 18.8. The molecule has 0 spiro atoms. The zero-order valence-corrected chi connectivity index (χ0v) is 17.0. The van der Waals surface area contributed by atoms with Crippen molar-refractivity contribution in [2.45, 2.75) is 31.8 Å². The summed E-state index contributed by atoms with van der Waals surface area (Å²) in [7, 11) is 2.07. The summed E-state index contributed by atoms with van der Waals surface area (Å²) in [5, 5.41) is 7.77. The first-order valence-corrected chi connectivity index (χ1v) is 10.3. The van der Waals surface area contributed by atoms with E-state index in [1.54, 1.807) is 0 Å². The minimum Gasteiger partial charge on any atom is -0.456 e. The highest BCUT2D eigenvalue weighted by atomic mass is 19.1. The molecule has 1 unspecified atom stereocenters. The van der Waals surface area contributed by atoms with Crippen LogP contribution in [-0.2, 0) is 6.42 Å². The lowest BCUT2D eigenvalue weighted by atomic mass is 9.93. The van der Waals surface area contributed by atoms with Crippen molar-refractivity contribution in [3.05, 3.63) is 59.9 Å². The Morgan fingerprint density at radius 1 is 1.13 bits per heavy atom. The van der Waals surface area contributed by atoms with E-state index in [1.165, 1.54) is 12.1 Å². The van der Waals surface area contributed by atoms with E-state index < -0.39 is 11.6 Å². The van der Waals surface area contributed by atoms with E-state index in [0.29, 0.717) is 17.8 Å². The Bertz CT molecular complexity index is 1070. The van der Waals surface area contributed by atoms with Crippen molar-refractivity contribution in [3.8, 4) is 22.6 Å². The lowest BCUT2D eigenvalue weighted by Gasteiger charge is -2.35. The fourth-order valence-electron chi connectivity index (χ4n) is 4.16. The van der Waals surface area contributed by atoms with Crippen molar-refractivity contribution in [2.75, 3.05) is 25.0 Å². The van der Waals surface area contributed by atoms with Crippen LogP contribution < -0.4 is 15.0 Å². The third-order valence-corrected chi connectivity index (χ3v) is 6.19. The SMILES string of the molecule is CC1CCc2c(ccc(-c3cnn(C4CNC4)c3)c2Oc2cc(F)cc(F)c2)N1C. The van der Waals surface area contributed by atoms with Crippen LogP contribution in [0.1, 0.15) is 24.9 Å². The molecule has 156 valence electrons. The van der Waals surface area contributed by atoms with Gasteiger partial charge in [0.1, 0.15) is 23.1 Å². The average molecular weight is 410 g/mol. The van der Waals surface area contributed by atoms with E-state index in [4.69, 9.17) is 4.74 Å². The van der Waals surface area contributed by atoms with Crippen LogP contribution in [0.25, 0.3) is 11.1 Å². The number of anilines is 1. The van der Waals surface area contributed by atoms with Crippen molar-refractivity contribution in [2.24, 2.45) is 0 Å². The molecule has 1 fully saturated rings. The van der Waals surface area contributed by atoms with Gasteiger partial charge in [-0.15, -0.1) is 0 Å². The second-order valence-corrected chi connectivity index (χ2v) is 8.17. The van der Waals surface area contributed by atoms with Crippen LogP contribution >= 0.6 is 0 Å². The largest absolute Gasteiger partial charge is 0.456 e. The number of nitrogens with zero attached hydrogens (tertiary/aromatic N) is 3. The van der Waals surface area contributed by atoms with Crippen molar-refractivity contribution in [1.29, 1.82) is 0 Å². The van der Waals surface area contributed by atoms with E-state index in [2.05, 4.69) is 35.4 Å². The highest BCUT2D eigenvalue weighted by Gasteiger charge is 2.27. The first kappa shape index (κ1) is 19.1. The van der Waals surface area contributed by atoms with E-state index in [0.717, 1.165) is 54.4 Å². The van der Waals surface area contributed by atoms with Gasteiger partial charge in [0.15, 0.2) is 0 Å². The second-order valence-electron chi connectivity index (χ2n) is 8.17. The maximum Gasteiger partial charge on any atom is 0.140 e. The number of hydrogen-bond acceptors (Lipinski definition) is 4. The van der Waals surface area contributed by atoms with E-state index in [1.807, 2.05) is 23.1 Å². The van der Waals surface area contributed by atoms with Gasteiger partial charge in [-0.05, 0) is 31.9 Å². The third-order valence-electron chi connectivity index (χ3n) is 6.19. The van der Waals surface area contributed by atoms with Gasteiger partial charge in [-0.3, -0.25) is 4.68 Å². The molecule has 30 heavy (non-hydrogen) atoms. The predicted molar refractivity (Wildman–Crippen MR) is 112 cm³/mol. The molecule has 1 aromatic heterocycles. The Morgan fingerprint density at radius 2 is 1.90 bits per heavy atom. The number of ether oxygens (including phenoxy) is 1. The van der Waals surface area contributed by atoms with Gasteiger partial charge in [-0.1, -0.05) is 0 Å². The van der Waals surface area contributed by atoms with Gasteiger partial charge in [0.25, 0.3) is 0 Å². The summed E-state index contributed by atoms with van der Waals surface area (Å²) < 4.78 is 35.7. The molecule has 1 saturated heterocycles. The molecule has 0 aliphatic carbocycles. The number of fused-ring (bicyclic) bond motifs is 1. The molecule has 0 bridgehead atoms. The van der Waals surface area contributed by atoms with Crippen LogP contribution in [0.15, 0.2) is 42.7 Å². The summed E-state index contributed by atoms with van der Waals surface area (Å²) in [6.45, 7) is 4.00. The van der Waals surface area contributed by atoms with Gasteiger partial charge in [-0.2, -0.15) is 5.10 Å². The van der Waals surface area contributed by atoms with Crippen LogP contribution in [0, 0.1) is 11.6 Å². The molecule has 2 aromatic carbocycles. The first-order chi connectivity index (χ1) is 14.5. The Balaban J connectivity index is 1.61. The van der Waals surface area contributed by atoms with Gasteiger partial charge in [0.05, 0.1) is 12.2 Å². The number of benzene rings is 2. The molecule has 0 saturated carbocycles. The summed E-state index contributed by atoms with van der Waals surface area (Å²) >= 11 is 0. The topological polar surface area (TPSA) is 42.3 Å². The van der Waals surface area contributed by atoms with Crippen LogP contribution in [0.2, 0.25) is 0 Å². The molecular weight excluding hydrogens is 386 g/mol. The molecular formula is C23H24F2N4O. The molecule has 2 aliphatic heterocycles.